The molecule has 0 saturated carbocycles. The Morgan fingerprint density at radius 3 is 2.14 bits per heavy atom. The van der Waals surface area contributed by atoms with Crippen molar-refractivity contribution in [2.75, 3.05) is 9.80 Å². The van der Waals surface area contributed by atoms with Gasteiger partial charge < -0.3 is 18.6 Å². The van der Waals surface area contributed by atoms with Crippen LogP contribution in [0.1, 0.15) is 36.5 Å². The molecule has 2 aromatic carbocycles. The van der Waals surface area contributed by atoms with Crippen LogP contribution in [0.3, 0.4) is 0 Å². The molecule has 2 unspecified atom stereocenters. The normalized spacial score (nSPS) is 17.4. The third-order valence-electron chi connectivity index (χ3n) is 6.25. The number of furan rings is 2. The fourth-order valence-corrected chi connectivity index (χ4v) is 4.65. The lowest BCUT2D eigenvalue weighted by Crippen LogP contribution is -2.47. The summed E-state index contributed by atoms with van der Waals surface area (Å²) in [6.45, 7) is 2.01. The van der Waals surface area contributed by atoms with Crippen molar-refractivity contribution in [1.29, 1.82) is 0 Å². The van der Waals surface area contributed by atoms with Gasteiger partial charge in [-0.1, -0.05) is 36.4 Å². The Labute approximate surface area is 209 Å². The predicted molar refractivity (Wildman–Crippen MR) is 140 cm³/mol. The maximum absolute atomic E-state index is 13.6. The number of hydrogen-bond acceptors (Lipinski definition) is 4. The molecule has 2 atom stereocenters. The summed E-state index contributed by atoms with van der Waals surface area (Å²) in [6.07, 6.45) is 10.1. The van der Waals surface area contributed by atoms with Crippen LogP contribution in [0.15, 0.2) is 112 Å². The van der Waals surface area contributed by atoms with Crippen molar-refractivity contribution in [1.82, 2.24) is 0 Å². The lowest BCUT2D eigenvalue weighted by molar-refractivity contribution is -0.114. The number of fused-ring (bicyclic) bond motifs is 1. The first kappa shape index (κ1) is 23.2. The minimum absolute atomic E-state index is 0.139. The quantitative estimate of drug-likeness (QED) is 0.297. The van der Waals surface area contributed by atoms with E-state index in [1.165, 1.54) is 12.2 Å². The fraction of sp³-hybridized carbons (Fsp3) is 0.133. The monoisotopic (exact) mass is 478 g/mol. The summed E-state index contributed by atoms with van der Waals surface area (Å²) < 4.78 is 10.7. The zero-order valence-corrected chi connectivity index (χ0v) is 19.9. The molecular weight excluding hydrogens is 452 g/mol. The van der Waals surface area contributed by atoms with Gasteiger partial charge >= 0.3 is 0 Å². The SMILES string of the molecule is CC1CC(N(C(=O)C=Cc2ccco2)c2ccccc2)c2ccccc2N1C(=O)C=Cc1ccco1. The zero-order valence-electron chi connectivity index (χ0n) is 19.9. The number of rotatable bonds is 6. The van der Waals surface area contributed by atoms with E-state index in [1.807, 2.05) is 61.5 Å². The highest BCUT2D eigenvalue weighted by atomic mass is 16.3. The van der Waals surface area contributed by atoms with E-state index in [9.17, 15) is 9.59 Å². The number of carbonyl (C=O) groups is 2. The zero-order chi connectivity index (χ0) is 24.9. The van der Waals surface area contributed by atoms with Crippen molar-refractivity contribution in [3.63, 3.8) is 0 Å². The van der Waals surface area contributed by atoms with Crippen LogP contribution in [0, 0.1) is 0 Å². The number of benzene rings is 2. The highest BCUT2D eigenvalue weighted by molar-refractivity contribution is 6.07. The summed E-state index contributed by atoms with van der Waals surface area (Å²) >= 11 is 0. The smallest absolute Gasteiger partial charge is 0.251 e. The van der Waals surface area contributed by atoms with E-state index >= 15 is 0 Å². The van der Waals surface area contributed by atoms with E-state index in [4.69, 9.17) is 8.83 Å². The second-order valence-electron chi connectivity index (χ2n) is 8.61. The minimum atomic E-state index is -0.259. The second kappa shape index (κ2) is 10.4. The van der Waals surface area contributed by atoms with Crippen LogP contribution in [0.2, 0.25) is 0 Å². The van der Waals surface area contributed by atoms with Crippen LogP contribution in [0.5, 0.6) is 0 Å². The topological polar surface area (TPSA) is 66.9 Å². The van der Waals surface area contributed by atoms with Crippen LogP contribution in [-0.2, 0) is 9.59 Å². The Morgan fingerprint density at radius 2 is 1.47 bits per heavy atom. The molecule has 5 rings (SSSR count). The van der Waals surface area contributed by atoms with Gasteiger partial charge in [-0.15, -0.1) is 0 Å². The summed E-state index contributed by atoms with van der Waals surface area (Å²) in [5.74, 6) is 0.916. The largest absolute Gasteiger partial charge is 0.465 e. The molecule has 0 bridgehead atoms. The van der Waals surface area contributed by atoms with Crippen molar-refractivity contribution >= 4 is 35.3 Å². The maximum atomic E-state index is 13.6. The molecule has 0 N–H and O–H groups in total. The summed E-state index contributed by atoms with van der Waals surface area (Å²) in [5.41, 5.74) is 2.49. The average Bonchev–Trinajstić information content (AvgIpc) is 3.61. The molecule has 0 radical (unpaired) electrons. The number of amides is 2. The van der Waals surface area contributed by atoms with Crippen molar-refractivity contribution in [3.8, 4) is 0 Å². The van der Waals surface area contributed by atoms with E-state index < -0.39 is 0 Å². The first-order valence-electron chi connectivity index (χ1n) is 11.9. The molecular formula is C30H26N2O4. The first-order chi connectivity index (χ1) is 17.6. The average molecular weight is 479 g/mol. The van der Waals surface area contributed by atoms with Gasteiger partial charge in [0.05, 0.1) is 18.6 Å². The van der Waals surface area contributed by atoms with Crippen LogP contribution in [0.25, 0.3) is 12.2 Å². The van der Waals surface area contributed by atoms with Gasteiger partial charge in [-0.05, 0) is 73.5 Å². The lowest BCUT2D eigenvalue weighted by atomic mass is 9.89. The molecule has 0 aliphatic carbocycles. The molecule has 6 heteroatoms. The molecule has 1 aliphatic heterocycles. The van der Waals surface area contributed by atoms with E-state index in [1.54, 1.807) is 58.7 Å². The van der Waals surface area contributed by atoms with Crippen LogP contribution in [0.4, 0.5) is 11.4 Å². The van der Waals surface area contributed by atoms with Gasteiger partial charge in [0.15, 0.2) is 0 Å². The van der Waals surface area contributed by atoms with Gasteiger partial charge in [0.2, 0.25) is 0 Å². The standard InChI is InChI=1S/C30H26N2O4/c1-22-21-28(32(23-9-3-2-4-10-23)30(34)18-16-25-12-8-20-36-25)26-13-5-6-14-27(26)31(22)29(33)17-15-24-11-7-19-35-24/h2-20,22,28H,21H2,1H3. The van der Waals surface area contributed by atoms with Crippen molar-refractivity contribution in [2.24, 2.45) is 0 Å². The molecule has 4 aromatic rings. The third-order valence-corrected chi connectivity index (χ3v) is 6.25. The Kier molecular flexibility index (Phi) is 6.67. The molecule has 2 amide bonds. The van der Waals surface area contributed by atoms with Crippen LogP contribution < -0.4 is 9.80 Å². The minimum Gasteiger partial charge on any atom is -0.465 e. The Balaban J connectivity index is 1.51. The summed E-state index contributed by atoms with van der Waals surface area (Å²) in [5, 5.41) is 0. The third kappa shape index (κ3) is 4.79. The van der Waals surface area contributed by atoms with Crippen molar-refractivity contribution in [2.45, 2.75) is 25.4 Å². The van der Waals surface area contributed by atoms with Crippen LogP contribution >= 0.6 is 0 Å². The van der Waals surface area contributed by atoms with Gasteiger partial charge in [-0.3, -0.25) is 9.59 Å². The Bertz CT molecular complexity index is 1370. The van der Waals surface area contributed by atoms with Gasteiger partial charge in [-0.2, -0.15) is 0 Å². The summed E-state index contributed by atoms with van der Waals surface area (Å²) in [6, 6.07) is 24.1. The molecule has 180 valence electrons. The number of hydrogen-bond donors (Lipinski definition) is 0. The molecule has 1 aliphatic rings. The first-order valence-corrected chi connectivity index (χ1v) is 11.9. The molecule has 6 nitrogen and oxygen atoms in total. The predicted octanol–water partition coefficient (Wildman–Crippen LogP) is 6.50. The maximum Gasteiger partial charge on any atom is 0.251 e. The molecule has 0 saturated heterocycles. The number of anilines is 2. The van der Waals surface area contributed by atoms with Gasteiger partial charge in [0, 0.05) is 29.6 Å². The van der Waals surface area contributed by atoms with Gasteiger partial charge in [0.25, 0.3) is 11.8 Å². The number of para-hydroxylation sites is 2. The van der Waals surface area contributed by atoms with E-state index in [2.05, 4.69) is 0 Å². The molecule has 36 heavy (non-hydrogen) atoms. The highest BCUT2D eigenvalue weighted by Crippen LogP contribution is 2.42. The summed E-state index contributed by atoms with van der Waals surface area (Å²) in [7, 11) is 0. The van der Waals surface area contributed by atoms with E-state index in [0.29, 0.717) is 17.9 Å². The number of carbonyl (C=O) groups excluding carboxylic acids is 2. The van der Waals surface area contributed by atoms with Crippen molar-refractivity contribution < 1.29 is 18.4 Å². The molecule has 3 heterocycles. The molecule has 0 fully saturated rings. The highest BCUT2D eigenvalue weighted by Gasteiger charge is 2.37. The summed E-state index contributed by atoms with van der Waals surface area (Å²) in [4.78, 5) is 30.5. The molecule has 2 aromatic heterocycles. The van der Waals surface area contributed by atoms with Gasteiger partial charge in [-0.25, -0.2) is 0 Å². The Morgan fingerprint density at radius 1 is 0.833 bits per heavy atom. The Hall–Kier alpha value is -4.58. The van der Waals surface area contributed by atoms with E-state index in [-0.39, 0.29) is 23.9 Å². The van der Waals surface area contributed by atoms with Gasteiger partial charge in [0.1, 0.15) is 11.5 Å². The molecule has 0 spiro atoms. The fourth-order valence-electron chi connectivity index (χ4n) is 4.65. The van der Waals surface area contributed by atoms with Crippen molar-refractivity contribution in [3.05, 3.63) is 121 Å². The lowest BCUT2D eigenvalue weighted by Gasteiger charge is -2.43. The second-order valence-corrected chi connectivity index (χ2v) is 8.61. The van der Waals surface area contributed by atoms with Crippen LogP contribution in [-0.4, -0.2) is 17.9 Å². The van der Waals surface area contributed by atoms with E-state index in [0.717, 1.165) is 16.9 Å². The number of nitrogens with zero attached hydrogens (tertiary/aromatic N) is 2.